The van der Waals surface area contributed by atoms with Crippen LogP contribution in [0.3, 0.4) is 0 Å². The molecule has 0 aliphatic heterocycles. The van der Waals surface area contributed by atoms with Crippen molar-refractivity contribution in [2.75, 3.05) is 0 Å². The van der Waals surface area contributed by atoms with Crippen LogP contribution in [0.25, 0.3) is 0 Å². The summed E-state index contributed by atoms with van der Waals surface area (Å²) in [6.45, 7) is 1.35. The van der Waals surface area contributed by atoms with E-state index in [-0.39, 0.29) is 5.56 Å². The van der Waals surface area contributed by atoms with Crippen molar-refractivity contribution in [2.45, 2.75) is 17.9 Å². The number of aryl methyl sites for hydroxylation is 1. The van der Waals surface area contributed by atoms with Crippen LogP contribution in [0.5, 0.6) is 0 Å². The summed E-state index contributed by atoms with van der Waals surface area (Å²) in [5.74, 6) is -1.71. The van der Waals surface area contributed by atoms with Gasteiger partial charge in [-0.15, -0.1) is 0 Å². The van der Waals surface area contributed by atoms with E-state index in [0.717, 1.165) is 29.9 Å². The Kier molecular flexibility index (Phi) is 4.72. The molecule has 1 aromatic heterocycles. The SMILES string of the molecule is CC(NS(=O)(=O)c1cn(C)c(=O)n(C)c1=O)c1ccc(F)cc1F. The minimum Gasteiger partial charge on any atom is -0.302 e. The van der Waals surface area contributed by atoms with Gasteiger partial charge in [-0.3, -0.25) is 9.36 Å². The summed E-state index contributed by atoms with van der Waals surface area (Å²) in [5.41, 5.74) is -1.77. The Labute approximate surface area is 136 Å². The highest BCUT2D eigenvalue weighted by atomic mass is 32.2. The van der Waals surface area contributed by atoms with Crippen LogP contribution in [0.1, 0.15) is 18.5 Å². The molecule has 1 unspecified atom stereocenters. The molecule has 7 nitrogen and oxygen atoms in total. The van der Waals surface area contributed by atoms with Crippen LogP contribution in [0.15, 0.2) is 38.9 Å². The Hall–Kier alpha value is -2.33. The van der Waals surface area contributed by atoms with Crippen molar-refractivity contribution in [3.05, 3.63) is 62.4 Å². The zero-order valence-corrected chi connectivity index (χ0v) is 13.9. The zero-order chi connectivity index (χ0) is 18.2. The fourth-order valence-electron chi connectivity index (χ4n) is 2.17. The molecular weight excluding hydrogens is 344 g/mol. The summed E-state index contributed by atoms with van der Waals surface area (Å²) in [4.78, 5) is 23.0. The monoisotopic (exact) mass is 359 g/mol. The summed E-state index contributed by atoms with van der Waals surface area (Å²) in [6.07, 6.45) is 0.890. The molecule has 0 fully saturated rings. The van der Waals surface area contributed by atoms with Crippen LogP contribution in [-0.2, 0) is 24.1 Å². The molecule has 0 radical (unpaired) electrons. The summed E-state index contributed by atoms with van der Waals surface area (Å²) < 4.78 is 55.2. The van der Waals surface area contributed by atoms with Crippen LogP contribution in [0.2, 0.25) is 0 Å². The number of rotatable bonds is 4. The highest BCUT2D eigenvalue weighted by molar-refractivity contribution is 7.89. The first-order valence-corrected chi connectivity index (χ1v) is 8.27. The maximum absolute atomic E-state index is 13.8. The van der Waals surface area contributed by atoms with Crippen molar-refractivity contribution >= 4 is 10.0 Å². The van der Waals surface area contributed by atoms with Gasteiger partial charge in [-0.2, -0.15) is 0 Å². The lowest BCUT2D eigenvalue weighted by molar-refractivity contribution is 0.536. The van der Waals surface area contributed by atoms with E-state index >= 15 is 0 Å². The third kappa shape index (κ3) is 3.29. The number of sulfonamides is 1. The van der Waals surface area contributed by atoms with E-state index in [1.807, 2.05) is 0 Å². The summed E-state index contributed by atoms with van der Waals surface area (Å²) in [5, 5.41) is 0. The average molecular weight is 359 g/mol. The lowest BCUT2D eigenvalue weighted by Gasteiger charge is -2.16. The molecule has 2 rings (SSSR count). The van der Waals surface area contributed by atoms with Gasteiger partial charge < -0.3 is 4.57 Å². The molecular formula is C14H15F2N3O4S. The van der Waals surface area contributed by atoms with Crippen LogP contribution in [0.4, 0.5) is 8.78 Å². The first-order valence-electron chi connectivity index (χ1n) is 6.78. The van der Waals surface area contributed by atoms with Gasteiger partial charge in [0.25, 0.3) is 5.56 Å². The van der Waals surface area contributed by atoms with Gasteiger partial charge in [0.15, 0.2) is 4.90 Å². The lowest BCUT2D eigenvalue weighted by Crippen LogP contribution is -2.41. The van der Waals surface area contributed by atoms with Crippen LogP contribution in [0, 0.1) is 11.6 Å². The van der Waals surface area contributed by atoms with Crippen molar-refractivity contribution in [3.8, 4) is 0 Å². The molecule has 0 bridgehead atoms. The molecule has 0 aliphatic carbocycles. The topological polar surface area (TPSA) is 90.2 Å². The van der Waals surface area contributed by atoms with Crippen LogP contribution < -0.4 is 16.0 Å². The van der Waals surface area contributed by atoms with Gasteiger partial charge in [0.1, 0.15) is 11.6 Å². The number of hydrogen-bond donors (Lipinski definition) is 1. The molecule has 0 amide bonds. The number of aromatic nitrogens is 2. The maximum Gasteiger partial charge on any atom is 0.330 e. The molecule has 0 aliphatic rings. The molecule has 1 aromatic carbocycles. The molecule has 0 spiro atoms. The first kappa shape index (κ1) is 18.0. The fraction of sp³-hybridized carbons (Fsp3) is 0.286. The minimum atomic E-state index is -4.33. The van der Waals surface area contributed by atoms with E-state index in [2.05, 4.69) is 4.72 Å². The van der Waals surface area contributed by atoms with Gasteiger partial charge in [-0.05, 0) is 13.0 Å². The van der Waals surface area contributed by atoms with Crippen molar-refractivity contribution in [3.63, 3.8) is 0 Å². The second kappa shape index (κ2) is 6.29. The number of benzene rings is 1. The van der Waals surface area contributed by atoms with Gasteiger partial charge >= 0.3 is 5.69 Å². The van der Waals surface area contributed by atoms with E-state index in [4.69, 9.17) is 0 Å². The number of hydrogen-bond acceptors (Lipinski definition) is 4. The summed E-state index contributed by atoms with van der Waals surface area (Å²) in [6, 6.07) is 1.67. The van der Waals surface area contributed by atoms with Crippen molar-refractivity contribution in [1.29, 1.82) is 0 Å². The average Bonchev–Trinajstić information content (AvgIpc) is 2.47. The molecule has 1 atom stereocenters. The Bertz CT molecular complexity index is 1010. The quantitative estimate of drug-likeness (QED) is 0.856. The van der Waals surface area contributed by atoms with E-state index in [0.29, 0.717) is 10.6 Å². The molecule has 130 valence electrons. The summed E-state index contributed by atoms with van der Waals surface area (Å²) in [7, 11) is -1.89. The summed E-state index contributed by atoms with van der Waals surface area (Å²) >= 11 is 0. The van der Waals surface area contributed by atoms with Crippen molar-refractivity contribution < 1.29 is 17.2 Å². The number of halogens is 2. The van der Waals surface area contributed by atoms with Crippen LogP contribution >= 0.6 is 0 Å². The molecule has 10 heteroatoms. The van der Waals surface area contributed by atoms with Gasteiger partial charge in [-0.25, -0.2) is 26.7 Å². The molecule has 0 saturated carbocycles. The van der Waals surface area contributed by atoms with Crippen LogP contribution in [-0.4, -0.2) is 17.6 Å². The molecule has 2 aromatic rings. The maximum atomic E-state index is 13.8. The highest BCUT2D eigenvalue weighted by Crippen LogP contribution is 2.19. The number of nitrogens with one attached hydrogen (secondary N) is 1. The third-order valence-electron chi connectivity index (χ3n) is 3.47. The standard InChI is InChI=1S/C14H15F2N3O4S/c1-8(10-5-4-9(15)6-11(10)16)17-24(22,23)12-7-18(2)14(21)19(3)13(12)20/h4-8,17H,1-3H3. The normalized spacial score (nSPS) is 13.0. The smallest absolute Gasteiger partial charge is 0.302 e. The predicted octanol–water partition coefficient (Wildman–Crippen LogP) is 0.402. The molecule has 1 N–H and O–H groups in total. The van der Waals surface area contributed by atoms with Gasteiger partial charge in [-0.1, -0.05) is 6.07 Å². The van der Waals surface area contributed by atoms with Gasteiger partial charge in [0.05, 0.1) is 0 Å². The van der Waals surface area contributed by atoms with Crippen molar-refractivity contribution in [2.24, 2.45) is 14.1 Å². The number of nitrogens with zero attached hydrogens (tertiary/aromatic N) is 2. The zero-order valence-electron chi connectivity index (χ0n) is 13.1. The Morgan fingerprint density at radius 1 is 1.17 bits per heavy atom. The van der Waals surface area contributed by atoms with Crippen molar-refractivity contribution in [1.82, 2.24) is 13.9 Å². The molecule has 0 saturated heterocycles. The predicted molar refractivity (Wildman–Crippen MR) is 82.0 cm³/mol. The Morgan fingerprint density at radius 3 is 2.38 bits per heavy atom. The second-order valence-electron chi connectivity index (χ2n) is 5.26. The van der Waals surface area contributed by atoms with E-state index in [1.165, 1.54) is 14.0 Å². The molecule has 24 heavy (non-hydrogen) atoms. The fourth-order valence-corrected chi connectivity index (χ4v) is 3.55. The van der Waals surface area contributed by atoms with Gasteiger partial charge in [0, 0.05) is 38.0 Å². The highest BCUT2D eigenvalue weighted by Gasteiger charge is 2.25. The second-order valence-corrected chi connectivity index (χ2v) is 6.94. The molecule has 1 heterocycles. The lowest BCUT2D eigenvalue weighted by atomic mass is 10.1. The third-order valence-corrected chi connectivity index (χ3v) is 4.99. The van der Waals surface area contributed by atoms with E-state index in [9.17, 15) is 26.8 Å². The van der Waals surface area contributed by atoms with E-state index in [1.54, 1.807) is 0 Å². The minimum absolute atomic E-state index is 0.0818. The van der Waals surface area contributed by atoms with E-state index < -0.39 is 43.8 Å². The largest absolute Gasteiger partial charge is 0.330 e. The first-order chi connectivity index (χ1) is 11.0. The van der Waals surface area contributed by atoms with Gasteiger partial charge in [0.2, 0.25) is 10.0 Å². The Balaban J connectivity index is 2.46. The Morgan fingerprint density at radius 2 is 1.79 bits per heavy atom.